The van der Waals surface area contributed by atoms with E-state index in [0.29, 0.717) is 49.2 Å². The number of nitrogens with zero attached hydrogens (tertiary/aromatic N) is 4. The molecule has 0 saturated carbocycles. The second kappa shape index (κ2) is 9.79. The smallest absolute Gasteiger partial charge is 0.263 e. The van der Waals surface area contributed by atoms with Crippen molar-refractivity contribution >= 4 is 75.5 Å². The fourth-order valence-electron chi connectivity index (χ4n) is 4.07. The molecule has 0 bridgehead atoms. The van der Waals surface area contributed by atoms with Crippen molar-refractivity contribution in [3.05, 3.63) is 63.2 Å². The molecule has 176 valence electrons. The maximum Gasteiger partial charge on any atom is 0.263 e. The monoisotopic (exact) mass is 534 g/mol. The first-order valence-electron chi connectivity index (χ1n) is 10.7. The molecule has 2 aliphatic heterocycles. The average molecular weight is 536 g/mol. The summed E-state index contributed by atoms with van der Waals surface area (Å²) in [5, 5.41) is 8.67. The first kappa shape index (κ1) is 23.5. The highest BCUT2D eigenvalue weighted by atomic mass is 35.5. The van der Waals surface area contributed by atoms with Gasteiger partial charge in [-0.05, 0) is 37.3 Å². The molecule has 1 aromatic heterocycles. The molecule has 0 aliphatic carbocycles. The van der Waals surface area contributed by atoms with Crippen LogP contribution in [0.25, 0.3) is 0 Å². The molecule has 2 aliphatic rings. The summed E-state index contributed by atoms with van der Waals surface area (Å²) in [6.45, 7) is 4.94. The van der Waals surface area contributed by atoms with Crippen LogP contribution in [-0.4, -0.2) is 47.4 Å². The second-order valence-electron chi connectivity index (χ2n) is 8.03. The lowest BCUT2D eigenvalue weighted by atomic mass is 10.1. The molecule has 0 radical (unpaired) electrons. The Labute approximate surface area is 216 Å². The third kappa shape index (κ3) is 4.53. The summed E-state index contributed by atoms with van der Waals surface area (Å²) in [6.07, 6.45) is 1.52. The number of piperazine rings is 1. The van der Waals surface area contributed by atoms with Gasteiger partial charge in [0.05, 0.1) is 37.9 Å². The summed E-state index contributed by atoms with van der Waals surface area (Å²) in [7, 11) is 0. The number of amides is 1. The van der Waals surface area contributed by atoms with Crippen molar-refractivity contribution in [2.75, 3.05) is 40.6 Å². The lowest BCUT2D eigenvalue weighted by Gasteiger charge is -2.36. The van der Waals surface area contributed by atoms with Crippen LogP contribution < -0.4 is 20.4 Å². The van der Waals surface area contributed by atoms with Crippen LogP contribution in [0.15, 0.2) is 47.6 Å². The van der Waals surface area contributed by atoms with E-state index in [2.05, 4.69) is 32.4 Å². The Morgan fingerprint density at radius 3 is 2.68 bits per heavy atom. The first-order chi connectivity index (χ1) is 16.4. The minimum Gasteiger partial charge on any atom is -0.365 e. The van der Waals surface area contributed by atoms with E-state index < -0.39 is 0 Å². The molecule has 1 atom stereocenters. The van der Waals surface area contributed by atoms with E-state index in [9.17, 15) is 4.79 Å². The van der Waals surface area contributed by atoms with Gasteiger partial charge in [-0.15, -0.1) is 0 Å². The number of aromatic nitrogens is 2. The number of hydrogen-bond acceptors (Lipinski definition) is 7. The minimum atomic E-state index is -0.243. The number of benzene rings is 2. The van der Waals surface area contributed by atoms with Crippen molar-refractivity contribution in [2.45, 2.75) is 18.0 Å². The second-order valence-corrected chi connectivity index (χ2v) is 10.2. The summed E-state index contributed by atoms with van der Waals surface area (Å²) in [6, 6.07) is 11.4. The third-order valence-electron chi connectivity index (χ3n) is 5.78. The molecule has 1 fully saturated rings. The maximum atomic E-state index is 13.1. The highest BCUT2D eigenvalue weighted by Gasteiger charge is 2.30. The molecule has 34 heavy (non-hydrogen) atoms. The number of rotatable bonds is 4. The van der Waals surface area contributed by atoms with Crippen LogP contribution in [0.5, 0.6) is 0 Å². The highest BCUT2D eigenvalue weighted by Crippen LogP contribution is 2.39. The first-order valence-corrected chi connectivity index (χ1v) is 12.8. The quantitative estimate of drug-likeness (QED) is 0.416. The summed E-state index contributed by atoms with van der Waals surface area (Å²) in [5.74, 6) is 0.491. The Hall–Kier alpha value is -2.23. The molecular weight excluding hydrogens is 515 g/mol. The van der Waals surface area contributed by atoms with E-state index in [1.54, 1.807) is 23.1 Å². The molecule has 3 aromatic rings. The van der Waals surface area contributed by atoms with Crippen molar-refractivity contribution < 1.29 is 4.79 Å². The molecule has 1 saturated heterocycles. The fourth-order valence-corrected chi connectivity index (χ4v) is 5.91. The molecule has 5 rings (SSSR count). The lowest BCUT2D eigenvalue weighted by molar-refractivity contribution is 0.0985. The zero-order valence-electron chi connectivity index (χ0n) is 18.2. The predicted molar refractivity (Wildman–Crippen MR) is 140 cm³/mol. The standard InChI is InChI=1S/C23H21Cl3N6OS/c1-13-10-27-7-8-31(13)19-6-5-14(9-18(19)26)29-23-28-11-15-21(30-23)34-12-32(22(15)33)20-16(24)3-2-4-17(20)25/h2-6,9,11,13,27H,7-8,10,12H2,1H3,(H,28,29,30)/t13-/m1/s1. The van der Waals surface area contributed by atoms with E-state index in [1.807, 2.05) is 18.2 Å². The van der Waals surface area contributed by atoms with Crippen LogP contribution >= 0.6 is 46.6 Å². The maximum absolute atomic E-state index is 13.1. The van der Waals surface area contributed by atoms with Crippen molar-refractivity contribution in [3.63, 3.8) is 0 Å². The fraction of sp³-hybridized carbons (Fsp3) is 0.261. The van der Waals surface area contributed by atoms with Gasteiger partial charge in [0, 0.05) is 37.6 Å². The van der Waals surface area contributed by atoms with Crippen LogP contribution in [0, 0.1) is 0 Å². The SMILES string of the molecule is C[C@@H]1CNCCN1c1ccc(Nc2ncc3c(n2)SCN(c2c(Cl)cccc2Cl)C3=O)cc1Cl. The van der Waals surface area contributed by atoms with Crippen LogP contribution in [0.2, 0.25) is 15.1 Å². The number of para-hydroxylation sites is 1. The molecule has 2 aromatic carbocycles. The summed E-state index contributed by atoms with van der Waals surface area (Å²) in [5.41, 5.74) is 2.67. The number of fused-ring (bicyclic) bond motifs is 1. The van der Waals surface area contributed by atoms with Crippen molar-refractivity contribution in [1.29, 1.82) is 0 Å². The Morgan fingerprint density at radius 1 is 1.15 bits per heavy atom. The molecule has 7 nitrogen and oxygen atoms in total. The van der Waals surface area contributed by atoms with Gasteiger partial charge in [-0.2, -0.15) is 0 Å². The summed E-state index contributed by atoms with van der Waals surface area (Å²) in [4.78, 5) is 25.9. The molecule has 0 unspecified atom stereocenters. The van der Waals surface area contributed by atoms with E-state index in [4.69, 9.17) is 34.8 Å². The van der Waals surface area contributed by atoms with Gasteiger partial charge in [-0.1, -0.05) is 52.6 Å². The molecule has 11 heteroatoms. The molecule has 3 heterocycles. The predicted octanol–water partition coefficient (Wildman–Crippen LogP) is 5.69. The number of carbonyl (C=O) groups excluding carboxylic acids is 1. The third-order valence-corrected chi connectivity index (χ3v) is 7.67. The van der Waals surface area contributed by atoms with Gasteiger partial charge >= 0.3 is 0 Å². The van der Waals surface area contributed by atoms with Crippen molar-refractivity contribution in [2.24, 2.45) is 0 Å². The topological polar surface area (TPSA) is 73.4 Å². The highest BCUT2D eigenvalue weighted by molar-refractivity contribution is 7.99. The number of nitrogens with one attached hydrogen (secondary N) is 2. The van der Waals surface area contributed by atoms with Gasteiger partial charge < -0.3 is 15.5 Å². The van der Waals surface area contributed by atoms with Gasteiger partial charge in [0.2, 0.25) is 5.95 Å². The number of anilines is 4. The Bertz CT molecular complexity index is 1240. The summed E-state index contributed by atoms with van der Waals surface area (Å²) >= 11 is 20.6. The van der Waals surface area contributed by atoms with Gasteiger partial charge in [0.25, 0.3) is 5.91 Å². The number of halogens is 3. The van der Waals surface area contributed by atoms with Gasteiger partial charge in [0.15, 0.2) is 0 Å². The van der Waals surface area contributed by atoms with E-state index in [1.165, 1.54) is 18.0 Å². The number of carbonyl (C=O) groups is 1. The van der Waals surface area contributed by atoms with Gasteiger partial charge in [-0.25, -0.2) is 9.97 Å². The van der Waals surface area contributed by atoms with Gasteiger partial charge in [-0.3, -0.25) is 9.69 Å². The van der Waals surface area contributed by atoms with Crippen LogP contribution in [0.4, 0.5) is 23.0 Å². The zero-order valence-corrected chi connectivity index (χ0v) is 21.3. The van der Waals surface area contributed by atoms with Crippen LogP contribution in [0.1, 0.15) is 17.3 Å². The molecule has 1 amide bonds. The molecular formula is C23H21Cl3N6OS. The Kier molecular flexibility index (Phi) is 6.77. The Morgan fingerprint density at radius 2 is 1.94 bits per heavy atom. The van der Waals surface area contributed by atoms with Crippen LogP contribution in [-0.2, 0) is 0 Å². The van der Waals surface area contributed by atoms with Crippen LogP contribution in [0.3, 0.4) is 0 Å². The normalized spacial score (nSPS) is 18.1. The lowest BCUT2D eigenvalue weighted by Crippen LogP contribution is -2.50. The number of hydrogen-bond donors (Lipinski definition) is 2. The largest absolute Gasteiger partial charge is 0.365 e. The number of thioether (sulfide) groups is 1. The molecule has 2 N–H and O–H groups in total. The van der Waals surface area contributed by atoms with Crippen molar-refractivity contribution in [1.82, 2.24) is 15.3 Å². The van der Waals surface area contributed by atoms with Gasteiger partial charge in [0.1, 0.15) is 5.03 Å². The van der Waals surface area contributed by atoms with E-state index in [-0.39, 0.29) is 5.91 Å². The molecule has 0 spiro atoms. The summed E-state index contributed by atoms with van der Waals surface area (Å²) < 4.78 is 0. The Balaban J connectivity index is 1.35. The van der Waals surface area contributed by atoms with E-state index in [0.717, 1.165) is 31.0 Å². The minimum absolute atomic E-state index is 0.243. The zero-order chi connectivity index (χ0) is 23.8. The van der Waals surface area contributed by atoms with E-state index >= 15 is 0 Å². The van der Waals surface area contributed by atoms with Crippen molar-refractivity contribution in [3.8, 4) is 0 Å². The average Bonchev–Trinajstić information content (AvgIpc) is 2.81.